The van der Waals surface area contributed by atoms with Crippen LogP contribution in [-0.4, -0.2) is 87.3 Å². The molecule has 0 saturated heterocycles. The molecule has 2 aromatic rings. The van der Waals surface area contributed by atoms with Gasteiger partial charge in [0.15, 0.2) is 0 Å². The predicted octanol–water partition coefficient (Wildman–Crippen LogP) is 12.0. The van der Waals surface area contributed by atoms with Crippen molar-refractivity contribution in [2.75, 3.05) is 59.3 Å². The van der Waals surface area contributed by atoms with E-state index in [-0.39, 0.29) is 24.4 Å². The minimum absolute atomic E-state index is 0.0614. The molecule has 0 spiro atoms. The molecule has 0 saturated carbocycles. The average molecular weight is 828 g/mol. The summed E-state index contributed by atoms with van der Waals surface area (Å²) in [5, 5.41) is 9.65. The molecule has 0 aliphatic rings. The Morgan fingerprint density at radius 1 is 0.644 bits per heavy atom. The number of aliphatic hydroxyl groups is 1. The molecule has 0 amide bonds. The van der Waals surface area contributed by atoms with Crippen molar-refractivity contribution in [2.45, 2.75) is 174 Å². The summed E-state index contributed by atoms with van der Waals surface area (Å²) in [4.78, 5) is 27.8. The third kappa shape index (κ3) is 26.2. The first-order chi connectivity index (χ1) is 28.9. The number of hydrogen-bond acceptors (Lipinski definition) is 8. The van der Waals surface area contributed by atoms with Crippen LogP contribution in [0.1, 0.15) is 174 Å². The van der Waals surface area contributed by atoms with Crippen LogP contribution in [0.5, 0.6) is 0 Å². The number of ether oxygens (including phenoxy) is 4. The number of hydrogen-bond donors (Lipinski definition) is 1. The van der Waals surface area contributed by atoms with E-state index in [1.165, 1.54) is 96.0 Å². The molecule has 0 radical (unpaired) electrons. The molecule has 1 atom stereocenters. The third-order valence-electron chi connectivity index (χ3n) is 11.0. The van der Waals surface area contributed by atoms with E-state index in [0.29, 0.717) is 70.1 Å². The van der Waals surface area contributed by atoms with Gasteiger partial charge in [-0.15, -0.1) is 0 Å². The fraction of sp³-hybridized carbons (Fsp3) is 0.720. The molecular weight excluding hydrogens is 746 g/mol. The minimum Gasteiger partial charge on any atom is -0.465 e. The van der Waals surface area contributed by atoms with Crippen molar-refractivity contribution in [1.29, 1.82) is 0 Å². The van der Waals surface area contributed by atoms with E-state index in [1.807, 2.05) is 30.3 Å². The Balaban J connectivity index is 1.64. The highest BCUT2D eigenvalue weighted by Crippen LogP contribution is 2.27. The van der Waals surface area contributed by atoms with Gasteiger partial charge < -0.3 is 29.0 Å². The normalized spacial score (nSPS) is 12.1. The first-order valence-electron chi connectivity index (χ1n) is 23.6. The van der Waals surface area contributed by atoms with Gasteiger partial charge in [-0.3, -0.25) is 9.59 Å². The Hall–Kier alpha value is -2.85. The van der Waals surface area contributed by atoms with E-state index in [1.54, 1.807) is 19.1 Å². The van der Waals surface area contributed by atoms with Crippen LogP contribution in [0, 0.1) is 5.82 Å². The zero-order valence-electron chi connectivity index (χ0n) is 37.4. The van der Waals surface area contributed by atoms with Gasteiger partial charge in [-0.2, -0.15) is 0 Å². The summed E-state index contributed by atoms with van der Waals surface area (Å²) in [5.74, 6) is -1.50. The monoisotopic (exact) mass is 828 g/mol. The fourth-order valence-corrected chi connectivity index (χ4v) is 7.27. The molecule has 0 bridgehead atoms. The van der Waals surface area contributed by atoms with Crippen molar-refractivity contribution in [3.05, 3.63) is 59.9 Å². The van der Waals surface area contributed by atoms with Crippen LogP contribution in [0.2, 0.25) is 0 Å². The number of nitrogens with zero attached hydrogens (tertiary/aromatic N) is 1. The molecule has 0 aromatic heterocycles. The number of esters is 2. The molecule has 0 heterocycles. The molecular formula is C50H82FNO7. The lowest BCUT2D eigenvalue weighted by molar-refractivity contribution is -0.156. The van der Waals surface area contributed by atoms with Crippen molar-refractivity contribution in [3.63, 3.8) is 0 Å². The number of unbranched alkanes of at least 4 members (excludes halogenated alkanes) is 17. The molecule has 59 heavy (non-hydrogen) atoms. The molecule has 2 rings (SSSR count). The standard InChI is InChI=1S/C50H82FNO7/c1-4-6-8-10-12-14-17-24-37-56-41-46(42-57-38-25-18-15-13-11-9-7-5-2)59-49(54)30-27-34-52(35-36-53)33-23-16-19-26-39-58-50(55)43(3)45-31-32-47(48(51)40-45)44-28-21-20-22-29-44/h20-22,28-29,31-32,40,43,46,53H,4-19,23-27,30,33-39,41-42H2,1-3H3. The van der Waals surface area contributed by atoms with Gasteiger partial charge in [-0.05, 0) is 69.3 Å². The molecule has 9 heteroatoms. The molecule has 336 valence electrons. The van der Waals surface area contributed by atoms with Gasteiger partial charge in [0.25, 0.3) is 0 Å². The summed E-state index contributed by atoms with van der Waals surface area (Å²) in [6, 6.07) is 14.3. The van der Waals surface area contributed by atoms with Crippen molar-refractivity contribution in [1.82, 2.24) is 4.90 Å². The number of carbonyl (C=O) groups is 2. The van der Waals surface area contributed by atoms with Crippen molar-refractivity contribution < 1.29 is 38.0 Å². The smallest absolute Gasteiger partial charge is 0.313 e. The Bertz CT molecular complexity index is 1290. The van der Waals surface area contributed by atoms with Gasteiger partial charge in [0, 0.05) is 31.7 Å². The maximum Gasteiger partial charge on any atom is 0.313 e. The zero-order valence-corrected chi connectivity index (χ0v) is 37.4. The minimum atomic E-state index is -0.555. The van der Waals surface area contributed by atoms with Gasteiger partial charge in [0.1, 0.15) is 11.9 Å². The van der Waals surface area contributed by atoms with Crippen LogP contribution >= 0.6 is 0 Å². The van der Waals surface area contributed by atoms with Crippen LogP contribution in [0.3, 0.4) is 0 Å². The number of benzene rings is 2. The fourth-order valence-electron chi connectivity index (χ4n) is 7.27. The molecule has 1 unspecified atom stereocenters. The summed E-state index contributed by atoms with van der Waals surface area (Å²) in [7, 11) is 0. The molecule has 1 N–H and O–H groups in total. The first-order valence-corrected chi connectivity index (χ1v) is 23.6. The maximum absolute atomic E-state index is 14.8. The van der Waals surface area contributed by atoms with E-state index in [4.69, 9.17) is 18.9 Å². The molecule has 2 aromatic carbocycles. The van der Waals surface area contributed by atoms with E-state index in [2.05, 4.69) is 18.7 Å². The van der Waals surface area contributed by atoms with Crippen LogP contribution < -0.4 is 0 Å². The van der Waals surface area contributed by atoms with Crippen LogP contribution in [0.15, 0.2) is 48.5 Å². The number of aliphatic hydroxyl groups excluding tert-OH is 1. The van der Waals surface area contributed by atoms with Crippen molar-refractivity contribution >= 4 is 11.9 Å². The molecule has 8 nitrogen and oxygen atoms in total. The van der Waals surface area contributed by atoms with Crippen LogP contribution in [0.4, 0.5) is 4.39 Å². The molecule has 0 aliphatic heterocycles. The Morgan fingerprint density at radius 3 is 1.73 bits per heavy atom. The second-order valence-corrected chi connectivity index (χ2v) is 16.3. The SMILES string of the molecule is CCCCCCCCCCOCC(COCCCCCCCCCC)OC(=O)CCCN(CCO)CCCCCCOC(=O)C(C)c1ccc(-c2ccccc2)c(F)c1. The van der Waals surface area contributed by atoms with Crippen LogP contribution in [0.25, 0.3) is 11.1 Å². The first kappa shape index (κ1) is 52.3. The number of rotatable bonds is 39. The van der Waals surface area contributed by atoms with Gasteiger partial charge in [0.05, 0.1) is 32.3 Å². The highest BCUT2D eigenvalue weighted by molar-refractivity contribution is 5.78. The van der Waals surface area contributed by atoms with Crippen molar-refractivity contribution in [2.24, 2.45) is 0 Å². The highest BCUT2D eigenvalue weighted by atomic mass is 19.1. The maximum atomic E-state index is 14.8. The zero-order chi connectivity index (χ0) is 42.6. The Labute approximate surface area is 358 Å². The van der Waals surface area contributed by atoms with Crippen LogP contribution in [-0.2, 0) is 28.5 Å². The number of halogens is 1. The number of carbonyl (C=O) groups excluding carboxylic acids is 2. The van der Waals surface area contributed by atoms with Gasteiger partial charge in [0.2, 0.25) is 0 Å². The highest BCUT2D eigenvalue weighted by Gasteiger charge is 2.19. The van der Waals surface area contributed by atoms with Gasteiger partial charge >= 0.3 is 11.9 Å². The van der Waals surface area contributed by atoms with E-state index in [9.17, 15) is 19.1 Å². The quantitative estimate of drug-likeness (QED) is 0.0526. The topological polar surface area (TPSA) is 94.5 Å². The van der Waals surface area contributed by atoms with E-state index >= 15 is 0 Å². The lowest BCUT2D eigenvalue weighted by Crippen LogP contribution is -2.31. The van der Waals surface area contributed by atoms with Gasteiger partial charge in [-0.25, -0.2) is 4.39 Å². The van der Waals surface area contributed by atoms with Gasteiger partial charge in [-0.1, -0.05) is 159 Å². The van der Waals surface area contributed by atoms with E-state index < -0.39 is 12.0 Å². The predicted molar refractivity (Wildman–Crippen MR) is 239 cm³/mol. The Morgan fingerprint density at radius 2 is 1.17 bits per heavy atom. The second-order valence-electron chi connectivity index (χ2n) is 16.3. The molecule has 0 aliphatic carbocycles. The summed E-state index contributed by atoms with van der Waals surface area (Å²) >= 11 is 0. The summed E-state index contributed by atoms with van der Waals surface area (Å²) in [6.07, 6.45) is 24.1. The largest absolute Gasteiger partial charge is 0.465 e. The summed E-state index contributed by atoms with van der Waals surface area (Å²) < 4.78 is 38.2. The summed E-state index contributed by atoms with van der Waals surface area (Å²) in [5.41, 5.74) is 1.90. The third-order valence-corrected chi connectivity index (χ3v) is 11.0. The second kappa shape index (κ2) is 35.9. The van der Waals surface area contributed by atoms with Crippen molar-refractivity contribution in [3.8, 4) is 11.1 Å². The average Bonchev–Trinajstić information content (AvgIpc) is 3.24. The van der Waals surface area contributed by atoms with E-state index in [0.717, 1.165) is 50.6 Å². The lowest BCUT2D eigenvalue weighted by atomic mass is 9.97. The lowest BCUT2D eigenvalue weighted by Gasteiger charge is -2.22. The Kier molecular flexibility index (Phi) is 31.8. The molecule has 0 fully saturated rings. The summed E-state index contributed by atoms with van der Waals surface area (Å²) in [6.45, 7) is 10.8.